The third kappa shape index (κ3) is 2.92. The van der Waals surface area contributed by atoms with E-state index in [1.54, 1.807) is 4.90 Å². The Balaban J connectivity index is 1.68. The quantitative estimate of drug-likeness (QED) is 0.851. The third-order valence-corrected chi connectivity index (χ3v) is 3.63. The van der Waals surface area contributed by atoms with Crippen molar-refractivity contribution in [1.29, 1.82) is 0 Å². The molecule has 3 rings (SSSR count). The molecule has 0 saturated carbocycles. The van der Waals surface area contributed by atoms with Crippen LogP contribution in [0, 0.1) is 6.92 Å². The van der Waals surface area contributed by atoms with E-state index in [2.05, 4.69) is 20.3 Å². The maximum absolute atomic E-state index is 12.7. The Morgan fingerprint density at radius 2 is 1.96 bits per heavy atom. The van der Waals surface area contributed by atoms with Crippen LogP contribution in [-0.4, -0.2) is 47.5 Å². The highest BCUT2D eigenvalue weighted by Crippen LogP contribution is 2.33. The zero-order valence-electron chi connectivity index (χ0n) is 12.8. The van der Waals surface area contributed by atoms with E-state index in [0.29, 0.717) is 30.7 Å². The van der Waals surface area contributed by atoms with E-state index in [4.69, 9.17) is 4.52 Å². The monoisotopic (exact) mass is 328 g/mol. The highest BCUT2D eigenvalue weighted by atomic mass is 19.4. The Kier molecular flexibility index (Phi) is 3.61. The van der Waals surface area contributed by atoms with Crippen molar-refractivity contribution >= 4 is 11.8 Å². The molecule has 0 amide bonds. The Morgan fingerprint density at radius 1 is 1.26 bits per heavy atom. The average molecular weight is 328 g/mol. The van der Waals surface area contributed by atoms with Gasteiger partial charge in [-0.05, 0) is 23.7 Å². The molecule has 0 bridgehead atoms. The molecule has 0 spiro atoms. The molecule has 1 aliphatic heterocycles. The number of nitrogens with zero attached hydrogens (tertiary/aromatic N) is 6. The number of hydrogen-bond donors (Lipinski definition) is 0. The van der Waals surface area contributed by atoms with Crippen LogP contribution in [0.25, 0.3) is 0 Å². The van der Waals surface area contributed by atoms with E-state index >= 15 is 0 Å². The van der Waals surface area contributed by atoms with Crippen LogP contribution in [0.5, 0.6) is 0 Å². The molecule has 0 N–H and O–H groups in total. The summed E-state index contributed by atoms with van der Waals surface area (Å²) in [4.78, 5) is 7.81. The zero-order valence-corrected chi connectivity index (χ0v) is 12.8. The fourth-order valence-corrected chi connectivity index (χ4v) is 2.30. The maximum atomic E-state index is 12.7. The maximum Gasteiger partial charge on any atom is 0.435 e. The standard InChI is InChI=1S/C13H15F3N6O/c1-7-4-9(18-19-10(7)13(14,15)16)22-5-8(6-22)11-17-12(20-23-11)21(2)3/h4,8H,5-6H2,1-3H3. The highest BCUT2D eigenvalue weighted by molar-refractivity contribution is 5.45. The van der Waals surface area contributed by atoms with Gasteiger partial charge >= 0.3 is 6.18 Å². The van der Waals surface area contributed by atoms with Crippen molar-refractivity contribution < 1.29 is 17.7 Å². The normalized spacial score (nSPS) is 15.7. The molecule has 0 aliphatic carbocycles. The fourth-order valence-electron chi connectivity index (χ4n) is 2.30. The van der Waals surface area contributed by atoms with Crippen LogP contribution < -0.4 is 9.80 Å². The molecule has 10 heteroatoms. The first kappa shape index (κ1) is 15.5. The molecule has 0 unspecified atom stereocenters. The molecule has 2 aromatic rings. The van der Waals surface area contributed by atoms with E-state index in [1.807, 2.05) is 19.0 Å². The molecular formula is C13H15F3N6O. The minimum Gasteiger partial charge on any atom is -0.353 e. The molecule has 1 saturated heterocycles. The van der Waals surface area contributed by atoms with Crippen LogP contribution in [0.2, 0.25) is 0 Å². The van der Waals surface area contributed by atoms with Gasteiger partial charge in [-0.2, -0.15) is 18.2 Å². The Hall–Kier alpha value is -2.39. The number of anilines is 2. The second-order valence-electron chi connectivity index (χ2n) is 5.66. The van der Waals surface area contributed by atoms with Gasteiger partial charge in [-0.3, -0.25) is 0 Å². The van der Waals surface area contributed by atoms with Crippen molar-refractivity contribution in [3.8, 4) is 0 Å². The second-order valence-corrected chi connectivity index (χ2v) is 5.66. The van der Waals surface area contributed by atoms with E-state index < -0.39 is 11.9 Å². The first-order valence-electron chi connectivity index (χ1n) is 6.93. The molecule has 0 atom stereocenters. The van der Waals surface area contributed by atoms with Crippen molar-refractivity contribution in [2.45, 2.75) is 19.0 Å². The van der Waals surface area contributed by atoms with Crippen molar-refractivity contribution in [3.63, 3.8) is 0 Å². The van der Waals surface area contributed by atoms with E-state index in [-0.39, 0.29) is 11.5 Å². The lowest BCUT2D eigenvalue weighted by atomic mass is 10.00. The predicted octanol–water partition coefficient (Wildman–Crippen LogP) is 1.86. The molecular weight excluding hydrogens is 313 g/mol. The van der Waals surface area contributed by atoms with Gasteiger partial charge < -0.3 is 14.3 Å². The summed E-state index contributed by atoms with van der Waals surface area (Å²) in [5, 5.41) is 10.8. The molecule has 2 aromatic heterocycles. The lowest BCUT2D eigenvalue weighted by Gasteiger charge is -2.37. The van der Waals surface area contributed by atoms with Gasteiger partial charge in [-0.25, -0.2) is 0 Å². The molecule has 1 fully saturated rings. The van der Waals surface area contributed by atoms with E-state index in [0.717, 1.165) is 0 Å². The number of alkyl halides is 3. The van der Waals surface area contributed by atoms with Crippen LogP contribution in [-0.2, 0) is 6.18 Å². The number of aryl methyl sites for hydroxylation is 1. The highest BCUT2D eigenvalue weighted by Gasteiger charge is 2.37. The SMILES string of the molecule is Cc1cc(N2CC(c3nc(N(C)C)no3)C2)nnc1C(F)(F)F. The van der Waals surface area contributed by atoms with Gasteiger partial charge in [0.25, 0.3) is 5.95 Å². The minimum atomic E-state index is -4.49. The summed E-state index contributed by atoms with van der Waals surface area (Å²) in [6.45, 7) is 2.47. The summed E-state index contributed by atoms with van der Waals surface area (Å²) >= 11 is 0. The van der Waals surface area contributed by atoms with Crippen LogP contribution in [0.15, 0.2) is 10.6 Å². The number of aromatic nitrogens is 4. The summed E-state index contributed by atoms with van der Waals surface area (Å²) < 4.78 is 43.2. The second kappa shape index (κ2) is 5.36. The Labute approximate surface area is 130 Å². The largest absolute Gasteiger partial charge is 0.435 e. The lowest BCUT2D eigenvalue weighted by molar-refractivity contribution is -0.142. The molecule has 0 radical (unpaired) electrons. The Bertz CT molecular complexity index is 708. The molecule has 23 heavy (non-hydrogen) atoms. The molecule has 3 heterocycles. The minimum absolute atomic E-state index is 0.0422. The lowest BCUT2D eigenvalue weighted by Crippen LogP contribution is -2.45. The van der Waals surface area contributed by atoms with Crippen molar-refractivity contribution in [2.24, 2.45) is 0 Å². The van der Waals surface area contributed by atoms with Crippen LogP contribution >= 0.6 is 0 Å². The first-order chi connectivity index (χ1) is 10.8. The van der Waals surface area contributed by atoms with Gasteiger partial charge in [0, 0.05) is 27.2 Å². The first-order valence-corrected chi connectivity index (χ1v) is 6.93. The summed E-state index contributed by atoms with van der Waals surface area (Å²) in [6.07, 6.45) is -4.49. The van der Waals surface area contributed by atoms with Crippen molar-refractivity contribution in [2.75, 3.05) is 37.0 Å². The summed E-state index contributed by atoms with van der Waals surface area (Å²) in [6, 6.07) is 1.39. The van der Waals surface area contributed by atoms with Gasteiger partial charge in [0.15, 0.2) is 11.5 Å². The smallest absolute Gasteiger partial charge is 0.353 e. The predicted molar refractivity (Wildman–Crippen MR) is 75.4 cm³/mol. The fraction of sp³-hybridized carbons (Fsp3) is 0.538. The molecule has 1 aliphatic rings. The van der Waals surface area contributed by atoms with Gasteiger partial charge in [-0.15, -0.1) is 10.2 Å². The Morgan fingerprint density at radius 3 is 2.48 bits per heavy atom. The van der Waals surface area contributed by atoms with Crippen LogP contribution in [0.3, 0.4) is 0 Å². The summed E-state index contributed by atoms with van der Waals surface area (Å²) in [7, 11) is 3.62. The zero-order chi connectivity index (χ0) is 16.8. The average Bonchev–Trinajstić information content (AvgIpc) is 2.85. The summed E-state index contributed by atoms with van der Waals surface area (Å²) in [5.74, 6) is 1.46. The summed E-state index contributed by atoms with van der Waals surface area (Å²) in [5.41, 5.74) is -0.899. The van der Waals surface area contributed by atoms with Gasteiger partial charge in [0.2, 0.25) is 5.89 Å². The van der Waals surface area contributed by atoms with Crippen molar-refractivity contribution in [3.05, 3.63) is 23.2 Å². The molecule has 124 valence electrons. The van der Waals surface area contributed by atoms with Crippen LogP contribution in [0.4, 0.5) is 24.9 Å². The molecule has 7 nitrogen and oxygen atoms in total. The van der Waals surface area contributed by atoms with Gasteiger partial charge in [-0.1, -0.05) is 0 Å². The topological polar surface area (TPSA) is 71.2 Å². The van der Waals surface area contributed by atoms with E-state index in [9.17, 15) is 13.2 Å². The third-order valence-electron chi connectivity index (χ3n) is 3.63. The van der Waals surface area contributed by atoms with E-state index in [1.165, 1.54) is 13.0 Å². The van der Waals surface area contributed by atoms with Gasteiger partial charge in [0.05, 0.1) is 5.92 Å². The van der Waals surface area contributed by atoms with Crippen LogP contribution in [0.1, 0.15) is 23.1 Å². The van der Waals surface area contributed by atoms with Gasteiger partial charge in [0.1, 0.15) is 0 Å². The number of rotatable bonds is 3. The number of hydrogen-bond acceptors (Lipinski definition) is 7. The number of halogens is 3. The molecule has 0 aromatic carbocycles. The van der Waals surface area contributed by atoms with Crippen molar-refractivity contribution in [1.82, 2.24) is 20.3 Å².